The van der Waals surface area contributed by atoms with E-state index in [0.29, 0.717) is 5.92 Å². The molecule has 0 saturated heterocycles. The highest BCUT2D eigenvalue weighted by molar-refractivity contribution is 5.77. The van der Waals surface area contributed by atoms with Gasteiger partial charge in [0.2, 0.25) is 5.91 Å². The van der Waals surface area contributed by atoms with E-state index < -0.39 is 0 Å². The molecular formula is C18H38N2O2. The Morgan fingerprint density at radius 3 is 1.86 bits per heavy atom. The lowest BCUT2D eigenvalue weighted by atomic mass is 9.92. The average Bonchev–Trinajstić information content (AvgIpc) is 3.02. The highest BCUT2D eigenvalue weighted by atomic mass is 16.1. The highest BCUT2D eigenvalue weighted by Gasteiger charge is 2.20. The van der Waals surface area contributed by atoms with Crippen molar-refractivity contribution in [3.8, 4) is 0 Å². The fourth-order valence-electron chi connectivity index (χ4n) is 2.12. The van der Waals surface area contributed by atoms with Crippen molar-refractivity contribution in [2.24, 2.45) is 17.6 Å². The fourth-order valence-corrected chi connectivity index (χ4v) is 2.12. The van der Waals surface area contributed by atoms with Crippen LogP contribution < -0.4 is 11.1 Å². The van der Waals surface area contributed by atoms with Gasteiger partial charge in [0.05, 0.1) is 0 Å². The number of nitrogens with two attached hydrogens (primary N) is 1. The van der Waals surface area contributed by atoms with Gasteiger partial charge in [-0.2, -0.15) is 0 Å². The normalized spacial score (nSPS) is 14.6. The number of primary amides is 1. The van der Waals surface area contributed by atoms with Gasteiger partial charge >= 0.3 is 0 Å². The third-order valence-electron chi connectivity index (χ3n) is 3.10. The van der Waals surface area contributed by atoms with E-state index in [1.54, 1.807) is 0 Å². The molecule has 1 aliphatic rings. The molecule has 0 radical (unpaired) electrons. The molecule has 22 heavy (non-hydrogen) atoms. The Kier molecular flexibility index (Phi) is 25.9. The van der Waals surface area contributed by atoms with Gasteiger partial charge in [0.25, 0.3) is 0 Å². The summed E-state index contributed by atoms with van der Waals surface area (Å²) in [7, 11) is 3.75. The fraction of sp³-hybridized carbons (Fsp3) is 0.778. The maximum Gasteiger partial charge on any atom is 0.218 e. The molecule has 1 fully saturated rings. The first-order valence-electron chi connectivity index (χ1n) is 8.44. The van der Waals surface area contributed by atoms with E-state index in [9.17, 15) is 9.59 Å². The standard InChI is InChI=1S/C10H17NO2.C4H8.C2H7N.C2H6/c11-10(13)6-9(7-12)5-8-3-1-2-4-8;1-3-4-2;1-3-2;1-2/h7-9H,1-6H2,(H2,11,13);3-4H,1-2H3;3H,1-2H3;1-2H3/b;4-3+;;. The molecule has 132 valence electrons. The van der Waals surface area contributed by atoms with Crippen LogP contribution in [-0.2, 0) is 9.59 Å². The first kappa shape index (κ1) is 25.8. The quantitative estimate of drug-likeness (QED) is 0.600. The summed E-state index contributed by atoms with van der Waals surface area (Å²) in [5, 5.41) is 2.75. The summed E-state index contributed by atoms with van der Waals surface area (Å²) in [6, 6.07) is 0. The number of hydrogen-bond acceptors (Lipinski definition) is 3. The second-order valence-electron chi connectivity index (χ2n) is 5.12. The summed E-state index contributed by atoms with van der Waals surface area (Å²) in [5.41, 5.74) is 5.05. The Morgan fingerprint density at radius 2 is 1.59 bits per heavy atom. The van der Waals surface area contributed by atoms with E-state index in [1.807, 2.05) is 53.9 Å². The molecular weight excluding hydrogens is 276 g/mol. The number of carbonyl (C=O) groups is 2. The zero-order chi connectivity index (χ0) is 17.8. The summed E-state index contributed by atoms with van der Waals surface area (Å²) in [6.45, 7) is 8.00. The molecule has 0 heterocycles. The van der Waals surface area contributed by atoms with Crippen LogP contribution in [-0.4, -0.2) is 26.3 Å². The summed E-state index contributed by atoms with van der Waals surface area (Å²) in [6.07, 6.45) is 10.9. The number of allylic oxidation sites excluding steroid dienone is 2. The van der Waals surface area contributed by atoms with Crippen molar-refractivity contribution < 1.29 is 9.59 Å². The third kappa shape index (κ3) is 21.1. The molecule has 0 aromatic heterocycles. The van der Waals surface area contributed by atoms with Gasteiger partial charge in [-0.1, -0.05) is 51.7 Å². The number of aldehydes is 1. The Morgan fingerprint density at radius 1 is 1.18 bits per heavy atom. The molecule has 4 heteroatoms. The minimum atomic E-state index is -0.366. The molecule has 0 bridgehead atoms. The topological polar surface area (TPSA) is 72.2 Å². The zero-order valence-electron chi connectivity index (χ0n) is 15.5. The lowest BCUT2D eigenvalue weighted by Gasteiger charge is -2.12. The largest absolute Gasteiger partial charge is 0.370 e. The molecule has 1 aliphatic carbocycles. The SMILES string of the molecule is C/C=C/C.CC.CNC.NC(=O)CC(C=O)CC1CCCC1. The van der Waals surface area contributed by atoms with Crippen LogP contribution in [0.2, 0.25) is 0 Å². The number of nitrogens with one attached hydrogen (secondary N) is 1. The van der Waals surface area contributed by atoms with Crippen LogP contribution >= 0.6 is 0 Å². The number of carbonyl (C=O) groups excluding carboxylic acids is 2. The van der Waals surface area contributed by atoms with Crippen LogP contribution in [0.1, 0.15) is 66.2 Å². The smallest absolute Gasteiger partial charge is 0.218 e. The predicted octanol–water partition coefficient (Wildman–Crippen LogP) is 3.70. The lowest BCUT2D eigenvalue weighted by molar-refractivity contribution is -0.122. The average molecular weight is 315 g/mol. The summed E-state index contributed by atoms with van der Waals surface area (Å²) in [5.74, 6) is 0.144. The van der Waals surface area contributed by atoms with Gasteiger partial charge in [0.1, 0.15) is 6.29 Å². The minimum absolute atomic E-state index is 0.138. The van der Waals surface area contributed by atoms with Crippen LogP contribution in [0.4, 0.5) is 0 Å². The molecule has 0 aromatic rings. The summed E-state index contributed by atoms with van der Waals surface area (Å²) >= 11 is 0. The maximum atomic E-state index is 10.6. The molecule has 1 atom stereocenters. The van der Waals surface area contributed by atoms with Gasteiger partial charge in [-0.25, -0.2) is 0 Å². The second kappa shape index (κ2) is 22.1. The first-order valence-corrected chi connectivity index (χ1v) is 8.44. The van der Waals surface area contributed by atoms with E-state index >= 15 is 0 Å². The number of amides is 1. The second-order valence-corrected chi connectivity index (χ2v) is 5.12. The van der Waals surface area contributed by atoms with Crippen molar-refractivity contribution in [3.05, 3.63) is 12.2 Å². The molecule has 0 aliphatic heterocycles. The van der Waals surface area contributed by atoms with Gasteiger partial charge in [0, 0.05) is 12.3 Å². The van der Waals surface area contributed by atoms with Gasteiger partial charge in [-0.3, -0.25) is 4.79 Å². The van der Waals surface area contributed by atoms with Gasteiger partial charge in [-0.15, -0.1) is 0 Å². The molecule has 1 amide bonds. The van der Waals surface area contributed by atoms with Gasteiger partial charge < -0.3 is 15.8 Å². The third-order valence-corrected chi connectivity index (χ3v) is 3.10. The lowest BCUT2D eigenvalue weighted by Crippen LogP contribution is -2.19. The van der Waals surface area contributed by atoms with Crippen LogP contribution in [0, 0.1) is 11.8 Å². The monoisotopic (exact) mass is 314 g/mol. The van der Waals surface area contributed by atoms with E-state index in [0.717, 1.165) is 12.7 Å². The van der Waals surface area contributed by atoms with E-state index in [4.69, 9.17) is 5.73 Å². The molecule has 1 unspecified atom stereocenters. The molecule has 1 rings (SSSR count). The van der Waals surface area contributed by atoms with Crippen molar-refractivity contribution in [2.75, 3.05) is 14.1 Å². The van der Waals surface area contributed by atoms with Crippen LogP contribution in [0.25, 0.3) is 0 Å². The van der Waals surface area contributed by atoms with Crippen molar-refractivity contribution in [1.29, 1.82) is 0 Å². The number of hydrogen-bond donors (Lipinski definition) is 2. The Bertz CT molecular complexity index is 256. The van der Waals surface area contributed by atoms with Crippen LogP contribution in [0.5, 0.6) is 0 Å². The van der Waals surface area contributed by atoms with Crippen LogP contribution in [0.15, 0.2) is 12.2 Å². The highest BCUT2D eigenvalue weighted by Crippen LogP contribution is 2.30. The summed E-state index contributed by atoms with van der Waals surface area (Å²) < 4.78 is 0. The van der Waals surface area contributed by atoms with Gasteiger partial charge in [0.15, 0.2) is 0 Å². The molecule has 0 spiro atoms. The summed E-state index contributed by atoms with van der Waals surface area (Å²) in [4.78, 5) is 21.2. The number of rotatable bonds is 5. The molecule has 3 N–H and O–H groups in total. The van der Waals surface area contributed by atoms with E-state index in [1.165, 1.54) is 25.7 Å². The van der Waals surface area contributed by atoms with E-state index in [2.05, 4.69) is 5.32 Å². The predicted molar refractivity (Wildman–Crippen MR) is 96.8 cm³/mol. The van der Waals surface area contributed by atoms with Crippen molar-refractivity contribution in [3.63, 3.8) is 0 Å². The molecule has 1 saturated carbocycles. The Hall–Kier alpha value is -1.16. The van der Waals surface area contributed by atoms with Crippen molar-refractivity contribution >= 4 is 12.2 Å². The maximum absolute atomic E-state index is 10.6. The Balaban J connectivity index is -0.000000336. The zero-order valence-corrected chi connectivity index (χ0v) is 15.5. The molecule has 0 aromatic carbocycles. The van der Waals surface area contributed by atoms with Crippen molar-refractivity contribution in [1.82, 2.24) is 5.32 Å². The van der Waals surface area contributed by atoms with Crippen LogP contribution in [0.3, 0.4) is 0 Å². The first-order chi connectivity index (χ1) is 10.5. The van der Waals surface area contributed by atoms with Gasteiger partial charge in [-0.05, 0) is 40.3 Å². The molecule has 4 nitrogen and oxygen atoms in total. The Labute approximate surface area is 137 Å². The minimum Gasteiger partial charge on any atom is -0.370 e. The van der Waals surface area contributed by atoms with E-state index in [-0.39, 0.29) is 18.2 Å². The van der Waals surface area contributed by atoms with Crippen molar-refractivity contribution in [2.45, 2.75) is 66.2 Å².